The monoisotopic (exact) mass is 300 g/mol. The van der Waals surface area contributed by atoms with Crippen molar-refractivity contribution >= 4 is 23.5 Å². The van der Waals surface area contributed by atoms with E-state index in [1.54, 1.807) is 0 Å². The van der Waals surface area contributed by atoms with E-state index in [0.717, 1.165) is 25.7 Å². The Balaban J connectivity index is 2.27. The molecule has 8 heteroatoms. The number of ether oxygens (including phenoxy) is 1. The maximum absolute atomic E-state index is 11.7. The number of hydrogen-bond acceptors (Lipinski definition) is 6. The molecule has 0 spiro atoms. The summed E-state index contributed by atoms with van der Waals surface area (Å²) in [5.74, 6) is -0.763. The van der Waals surface area contributed by atoms with Crippen LogP contribution < -0.4 is 10.1 Å². The topological polar surface area (TPSA) is 97.2 Å². The highest BCUT2D eigenvalue weighted by molar-refractivity contribution is 6.28. The van der Waals surface area contributed by atoms with E-state index in [9.17, 15) is 9.90 Å². The van der Waals surface area contributed by atoms with Crippen LogP contribution in [0, 0.1) is 0 Å². The number of methoxy groups -OCH3 is 1. The minimum atomic E-state index is -1.05. The molecule has 1 aromatic rings. The van der Waals surface area contributed by atoms with E-state index < -0.39 is 11.5 Å². The first kappa shape index (κ1) is 14.8. The van der Waals surface area contributed by atoms with E-state index >= 15 is 0 Å². The van der Waals surface area contributed by atoms with Crippen LogP contribution in [0.15, 0.2) is 0 Å². The maximum Gasteiger partial charge on any atom is 0.329 e. The first-order valence-electron chi connectivity index (χ1n) is 6.53. The number of carboxylic acids is 1. The average molecular weight is 301 g/mol. The van der Waals surface area contributed by atoms with E-state index in [1.165, 1.54) is 7.11 Å². The molecule has 0 saturated heterocycles. The van der Waals surface area contributed by atoms with Crippen LogP contribution in [0.1, 0.15) is 38.5 Å². The lowest BCUT2D eigenvalue weighted by molar-refractivity contribution is -0.142. The molecule has 0 atom stereocenters. The molecule has 1 aliphatic carbocycles. The van der Waals surface area contributed by atoms with Gasteiger partial charge < -0.3 is 15.2 Å². The van der Waals surface area contributed by atoms with Gasteiger partial charge in [-0.05, 0) is 24.4 Å². The fraction of sp³-hybridized carbons (Fsp3) is 0.667. The molecular formula is C12H17ClN4O3. The minimum absolute atomic E-state index is 0.0338. The summed E-state index contributed by atoms with van der Waals surface area (Å²) in [7, 11) is 1.41. The molecule has 0 aliphatic heterocycles. The molecule has 1 heterocycles. The Hall–Kier alpha value is -1.63. The molecule has 0 amide bonds. The number of rotatable bonds is 4. The Kier molecular flexibility index (Phi) is 4.59. The van der Waals surface area contributed by atoms with Crippen molar-refractivity contribution in [2.24, 2.45) is 0 Å². The molecule has 20 heavy (non-hydrogen) atoms. The minimum Gasteiger partial charge on any atom is -0.480 e. The SMILES string of the molecule is COc1nc(Cl)nc(NC2(C(=O)O)CCCCCC2)n1. The quantitative estimate of drug-likeness (QED) is 0.822. The van der Waals surface area contributed by atoms with Gasteiger partial charge in [0.25, 0.3) is 0 Å². The van der Waals surface area contributed by atoms with E-state index in [0.29, 0.717) is 12.8 Å². The summed E-state index contributed by atoms with van der Waals surface area (Å²) in [6, 6.07) is 0.0571. The lowest BCUT2D eigenvalue weighted by atomic mass is 9.90. The van der Waals surface area contributed by atoms with Crippen molar-refractivity contribution in [2.75, 3.05) is 12.4 Å². The highest BCUT2D eigenvalue weighted by Crippen LogP contribution is 2.30. The second kappa shape index (κ2) is 6.21. The Morgan fingerprint density at radius 2 is 1.90 bits per heavy atom. The first-order chi connectivity index (χ1) is 9.55. The zero-order chi connectivity index (χ0) is 14.6. The van der Waals surface area contributed by atoms with Gasteiger partial charge >= 0.3 is 12.0 Å². The normalized spacial score (nSPS) is 18.1. The predicted molar refractivity (Wildman–Crippen MR) is 73.1 cm³/mol. The van der Waals surface area contributed by atoms with Crippen LogP contribution in [0.5, 0.6) is 6.01 Å². The van der Waals surface area contributed by atoms with Crippen molar-refractivity contribution < 1.29 is 14.6 Å². The number of anilines is 1. The zero-order valence-corrected chi connectivity index (χ0v) is 12.0. The molecule has 1 aliphatic rings. The third-order valence-electron chi connectivity index (χ3n) is 3.49. The first-order valence-corrected chi connectivity index (χ1v) is 6.91. The Morgan fingerprint density at radius 3 is 2.45 bits per heavy atom. The molecule has 110 valence electrons. The van der Waals surface area contributed by atoms with Crippen LogP contribution in [-0.2, 0) is 4.79 Å². The van der Waals surface area contributed by atoms with Gasteiger partial charge in [0.15, 0.2) is 0 Å². The van der Waals surface area contributed by atoms with Crippen LogP contribution in [0.25, 0.3) is 0 Å². The molecule has 0 bridgehead atoms. The van der Waals surface area contributed by atoms with Gasteiger partial charge in [-0.15, -0.1) is 0 Å². The molecule has 2 rings (SSSR count). The number of hydrogen-bond donors (Lipinski definition) is 2. The number of aliphatic carboxylic acids is 1. The Morgan fingerprint density at radius 1 is 1.25 bits per heavy atom. The fourth-order valence-corrected chi connectivity index (χ4v) is 2.57. The molecule has 0 aromatic carbocycles. The molecule has 7 nitrogen and oxygen atoms in total. The van der Waals surface area contributed by atoms with Gasteiger partial charge in [-0.2, -0.15) is 15.0 Å². The third kappa shape index (κ3) is 3.27. The lowest BCUT2D eigenvalue weighted by Gasteiger charge is -2.29. The number of nitrogens with one attached hydrogen (secondary N) is 1. The third-order valence-corrected chi connectivity index (χ3v) is 3.66. The summed E-state index contributed by atoms with van der Waals surface area (Å²) in [4.78, 5) is 23.4. The van der Waals surface area contributed by atoms with Crippen molar-refractivity contribution in [1.29, 1.82) is 0 Å². The zero-order valence-electron chi connectivity index (χ0n) is 11.2. The smallest absolute Gasteiger partial charge is 0.329 e. The summed E-state index contributed by atoms with van der Waals surface area (Å²) in [5.41, 5.74) is -1.05. The Labute approximate surface area is 121 Å². The molecule has 0 radical (unpaired) electrons. The summed E-state index contributed by atoms with van der Waals surface area (Å²) in [5, 5.41) is 12.5. The van der Waals surface area contributed by atoms with Crippen LogP contribution in [0.2, 0.25) is 5.28 Å². The van der Waals surface area contributed by atoms with Crippen LogP contribution >= 0.6 is 11.6 Å². The molecule has 2 N–H and O–H groups in total. The summed E-state index contributed by atoms with van der Waals surface area (Å²) in [6.07, 6.45) is 4.86. The molecule has 0 unspecified atom stereocenters. The highest BCUT2D eigenvalue weighted by Gasteiger charge is 2.39. The Bertz CT molecular complexity index is 490. The second-order valence-corrected chi connectivity index (χ2v) is 5.18. The van der Waals surface area contributed by atoms with E-state index in [1.807, 2.05) is 0 Å². The van der Waals surface area contributed by atoms with Gasteiger partial charge in [0.2, 0.25) is 11.2 Å². The van der Waals surface area contributed by atoms with Gasteiger partial charge in [-0.25, -0.2) is 4.79 Å². The van der Waals surface area contributed by atoms with Gasteiger partial charge in [0.05, 0.1) is 7.11 Å². The number of aromatic nitrogens is 3. The van der Waals surface area contributed by atoms with Crippen molar-refractivity contribution in [2.45, 2.75) is 44.1 Å². The van der Waals surface area contributed by atoms with E-state index in [-0.39, 0.29) is 17.2 Å². The molecule has 1 aromatic heterocycles. The number of halogens is 1. The van der Waals surface area contributed by atoms with Crippen molar-refractivity contribution in [3.05, 3.63) is 5.28 Å². The number of carbonyl (C=O) groups is 1. The van der Waals surface area contributed by atoms with Gasteiger partial charge in [0.1, 0.15) is 5.54 Å². The predicted octanol–water partition coefficient (Wildman–Crippen LogP) is 2.12. The molecule has 1 fully saturated rings. The maximum atomic E-state index is 11.7. The average Bonchev–Trinajstić information content (AvgIpc) is 2.64. The van der Waals surface area contributed by atoms with Crippen molar-refractivity contribution in [3.63, 3.8) is 0 Å². The number of carboxylic acid groups (broad SMARTS) is 1. The molecular weight excluding hydrogens is 284 g/mol. The van der Waals surface area contributed by atoms with Crippen molar-refractivity contribution in [3.8, 4) is 6.01 Å². The highest BCUT2D eigenvalue weighted by atomic mass is 35.5. The fourth-order valence-electron chi connectivity index (χ4n) is 2.42. The van der Waals surface area contributed by atoms with Crippen LogP contribution in [-0.4, -0.2) is 38.7 Å². The summed E-state index contributed by atoms with van der Waals surface area (Å²) >= 11 is 5.77. The standard InChI is InChI=1S/C12H17ClN4O3/c1-20-11-15-9(13)14-10(16-11)17-12(8(18)19)6-4-2-3-5-7-12/h2-7H2,1H3,(H,18,19)(H,14,15,16,17). The van der Waals surface area contributed by atoms with E-state index in [2.05, 4.69) is 20.3 Å². The van der Waals surface area contributed by atoms with Crippen LogP contribution in [0.4, 0.5) is 5.95 Å². The largest absolute Gasteiger partial charge is 0.480 e. The van der Waals surface area contributed by atoms with Crippen LogP contribution in [0.3, 0.4) is 0 Å². The summed E-state index contributed by atoms with van der Waals surface area (Å²) < 4.78 is 4.91. The second-order valence-electron chi connectivity index (χ2n) is 4.84. The van der Waals surface area contributed by atoms with Gasteiger partial charge in [0, 0.05) is 0 Å². The van der Waals surface area contributed by atoms with E-state index in [4.69, 9.17) is 16.3 Å². The van der Waals surface area contributed by atoms with Crippen molar-refractivity contribution in [1.82, 2.24) is 15.0 Å². The van der Waals surface area contributed by atoms with Gasteiger partial charge in [-0.3, -0.25) is 0 Å². The molecule has 1 saturated carbocycles. The summed E-state index contributed by atoms with van der Waals surface area (Å²) in [6.45, 7) is 0. The lowest BCUT2D eigenvalue weighted by Crippen LogP contribution is -2.46. The number of nitrogens with zero attached hydrogens (tertiary/aromatic N) is 3. The van der Waals surface area contributed by atoms with Gasteiger partial charge in [-0.1, -0.05) is 25.7 Å².